The number of aliphatic hydroxyl groups is 1. The molecule has 84 valence electrons. The van der Waals surface area contributed by atoms with Crippen molar-refractivity contribution in [2.45, 2.75) is 12.5 Å². The fourth-order valence-corrected chi connectivity index (χ4v) is 1.78. The lowest BCUT2D eigenvalue weighted by atomic mass is 10.1. The predicted molar refractivity (Wildman–Crippen MR) is 70.3 cm³/mol. The van der Waals surface area contributed by atoms with Crippen LogP contribution in [0, 0.1) is 0 Å². The summed E-state index contributed by atoms with van der Waals surface area (Å²) < 4.78 is 1.00. The molecule has 1 unspecified atom stereocenters. The number of hydrogen-bond donors (Lipinski definition) is 2. The van der Waals surface area contributed by atoms with Crippen LogP contribution in [0.1, 0.15) is 12.0 Å². The Morgan fingerprint density at radius 2 is 2.00 bits per heavy atom. The van der Waals surface area contributed by atoms with E-state index in [1.165, 1.54) is 0 Å². The van der Waals surface area contributed by atoms with Crippen LogP contribution in [0.15, 0.2) is 34.8 Å². The van der Waals surface area contributed by atoms with Crippen LogP contribution in [0.25, 0.3) is 6.08 Å². The molecule has 0 radical (unpaired) electrons. The van der Waals surface area contributed by atoms with Crippen LogP contribution in [0.4, 0.5) is 0 Å². The van der Waals surface area contributed by atoms with Gasteiger partial charge in [-0.3, -0.25) is 0 Å². The van der Waals surface area contributed by atoms with Gasteiger partial charge in [-0.05, 0) is 22.5 Å². The third kappa shape index (κ3) is 5.95. The standard InChI is InChI=1S/C11H14BrNO.ClH/c12-10(7-11(13)8-14)6-9-4-2-1-3-5-9;/h1-6,11,14H,7-8,13H2;1H/b10-6-;. The molecular formula is C11H15BrClNO. The molecule has 1 rings (SSSR count). The third-order valence-corrected chi connectivity index (χ3v) is 2.37. The summed E-state index contributed by atoms with van der Waals surface area (Å²) >= 11 is 3.43. The van der Waals surface area contributed by atoms with Gasteiger partial charge in [-0.25, -0.2) is 0 Å². The Bertz CT molecular complexity index is 303. The molecule has 1 aromatic carbocycles. The molecule has 15 heavy (non-hydrogen) atoms. The molecule has 0 aliphatic carbocycles. The van der Waals surface area contributed by atoms with Crippen LogP contribution >= 0.6 is 28.3 Å². The van der Waals surface area contributed by atoms with Gasteiger partial charge in [-0.1, -0.05) is 46.3 Å². The number of nitrogens with two attached hydrogens (primary N) is 1. The number of hydrogen-bond acceptors (Lipinski definition) is 2. The van der Waals surface area contributed by atoms with Crippen molar-refractivity contribution >= 4 is 34.4 Å². The Hall–Kier alpha value is -0.350. The molecule has 2 nitrogen and oxygen atoms in total. The minimum Gasteiger partial charge on any atom is -0.395 e. The van der Waals surface area contributed by atoms with Gasteiger partial charge in [-0.2, -0.15) is 0 Å². The number of aliphatic hydroxyl groups excluding tert-OH is 1. The Kier molecular flexibility index (Phi) is 7.70. The molecule has 0 heterocycles. The summed E-state index contributed by atoms with van der Waals surface area (Å²) in [4.78, 5) is 0. The van der Waals surface area contributed by atoms with E-state index < -0.39 is 0 Å². The van der Waals surface area contributed by atoms with Crippen molar-refractivity contribution in [1.29, 1.82) is 0 Å². The summed E-state index contributed by atoms with van der Waals surface area (Å²) in [5, 5.41) is 8.78. The Balaban J connectivity index is 0.00000196. The second kappa shape index (κ2) is 7.88. The minimum atomic E-state index is -0.190. The summed E-state index contributed by atoms with van der Waals surface area (Å²) in [6.07, 6.45) is 2.67. The largest absolute Gasteiger partial charge is 0.395 e. The van der Waals surface area contributed by atoms with Gasteiger partial charge < -0.3 is 10.8 Å². The smallest absolute Gasteiger partial charge is 0.0585 e. The summed E-state index contributed by atoms with van der Waals surface area (Å²) in [7, 11) is 0. The number of benzene rings is 1. The second-order valence-corrected chi connectivity index (χ2v) is 4.17. The molecule has 0 saturated heterocycles. The molecule has 0 amide bonds. The normalized spacial score (nSPS) is 13.1. The topological polar surface area (TPSA) is 46.2 Å². The minimum absolute atomic E-state index is 0. The van der Waals surface area contributed by atoms with Gasteiger partial charge in [-0.15, -0.1) is 12.4 Å². The van der Waals surface area contributed by atoms with Crippen LogP contribution in [-0.4, -0.2) is 17.8 Å². The lowest BCUT2D eigenvalue weighted by molar-refractivity contribution is 0.266. The molecule has 1 aromatic rings. The highest BCUT2D eigenvalue weighted by molar-refractivity contribution is 9.11. The van der Waals surface area contributed by atoms with Crippen LogP contribution in [0.5, 0.6) is 0 Å². The highest BCUT2D eigenvalue weighted by Crippen LogP contribution is 2.16. The second-order valence-electron chi connectivity index (χ2n) is 3.15. The molecule has 0 saturated carbocycles. The van der Waals surface area contributed by atoms with Gasteiger partial charge in [0.15, 0.2) is 0 Å². The molecule has 0 aromatic heterocycles. The van der Waals surface area contributed by atoms with Crippen molar-refractivity contribution < 1.29 is 5.11 Å². The van der Waals surface area contributed by atoms with E-state index in [0.717, 1.165) is 10.0 Å². The molecule has 3 N–H and O–H groups in total. The zero-order valence-corrected chi connectivity index (χ0v) is 10.7. The van der Waals surface area contributed by atoms with Crippen molar-refractivity contribution in [2.75, 3.05) is 6.61 Å². The summed E-state index contributed by atoms with van der Waals surface area (Å²) in [6.45, 7) is 0.0116. The van der Waals surface area contributed by atoms with Crippen LogP contribution in [0.2, 0.25) is 0 Å². The first-order valence-electron chi connectivity index (χ1n) is 4.50. The maximum atomic E-state index is 8.78. The maximum Gasteiger partial charge on any atom is 0.0585 e. The average molecular weight is 293 g/mol. The monoisotopic (exact) mass is 291 g/mol. The van der Waals surface area contributed by atoms with Crippen molar-refractivity contribution in [3.63, 3.8) is 0 Å². The van der Waals surface area contributed by atoms with Crippen molar-refractivity contribution in [1.82, 2.24) is 0 Å². The molecule has 0 bridgehead atoms. The van der Waals surface area contributed by atoms with E-state index in [0.29, 0.717) is 6.42 Å². The summed E-state index contributed by atoms with van der Waals surface area (Å²) in [5.74, 6) is 0. The van der Waals surface area contributed by atoms with E-state index >= 15 is 0 Å². The zero-order valence-electron chi connectivity index (χ0n) is 8.27. The first-order valence-corrected chi connectivity index (χ1v) is 5.29. The van der Waals surface area contributed by atoms with Crippen LogP contribution < -0.4 is 5.73 Å². The highest BCUT2D eigenvalue weighted by atomic mass is 79.9. The highest BCUT2D eigenvalue weighted by Gasteiger charge is 2.01. The molecule has 0 aliphatic heterocycles. The van der Waals surface area contributed by atoms with E-state index in [1.54, 1.807) is 0 Å². The van der Waals surface area contributed by atoms with E-state index in [1.807, 2.05) is 36.4 Å². The Morgan fingerprint density at radius 3 is 2.53 bits per heavy atom. The van der Waals surface area contributed by atoms with Gasteiger partial charge in [0.05, 0.1) is 6.61 Å². The SMILES string of the molecule is Cl.NC(CO)C/C(Br)=C/c1ccccc1. The zero-order chi connectivity index (χ0) is 10.4. The molecule has 4 heteroatoms. The van der Waals surface area contributed by atoms with Gasteiger partial charge in [0.2, 0.25) is 0 Å². The van der Waals surface area contributed by atoms with E-state index in [2.05, 4.69) is 15.9 Å². The molecule has 0 spiro atoms. The molecule has 0 fully saturated rings. The first-order chi connectivity index (χ1) is 6.72. The van der Waals surface area contributed by atoms with Crippen molar-refractivity contribution in [2.24, 2.45) is 5.73 Å². The van der Waals surface area contributed by atoms with E-state index in [4.69, 9.17) is 10.8 Å². The Morgan fingerprint density at radius 1 is 1.40 bits per heavy atom. The van der Waals surface area contributed by atoms with Crippen molar-refractivity contribution in [3.05, 3.63) is 40.4 Å². The summed E-state index contributed by atoms with van der Waals surface area (Å²) in [6, 6.07) is 9.79. The molecule has 1 atom stereocenters. The fourth-order valence-electron chi connectivity index (χ4n) is 1.10. The van der Waals surface area contributed by atoms with Gasteiger partial charge in [0, 0.05) is 6.04 Å². The molecule has 0 aliphatic rings. The lowest BCUT2D eigenvalue weighted by Gasteiger charge is -2.06. The Labute approximate surface area is 105 Å². The van der Waals surface area contributed by atoms with Crippen molar-refractivity contribution in [3.8, 4) is 0 Å². The van der Waals surface area contributed by atoms with Gasteiger partial charge in [0.1, 0.15) is 0 Å². The number of halogens is 2. The van der Waals surface area contributed by atoms with Gasteiger partial charge in [0.25, 0.3) is 0 Å². The predicted octanol–water partition coefficient (Wildman–Crippen LogP) is 2.55. The fraction of sp³-hybridized carbons (Fsp3) is 0.273. The van der Waals surface area contributed by atoms with Crippen LogP contribution in [-0.2, 0) is 0 Å². The molecular weight excluding hydrogens is 277 g/mol. The average Bonchev–Trinajstić information content (AvgIpc) is 2.19. The summed E-state index contributed by atoms with van der Waals surface area (Å²) in [5.41, 5.74) is 6.74. The lowest BCUT2D eigenvalue weighted by Crippen LogP contribution is -2.23. The first kappa shape index (κ1) is 14.6. The van der Waals surface area contributed by atoms with Crippen LogP contribution in [0.3, 0.4) is 0 Å². The maximum absolute atomic E-state index is 8.78. The quantitative estimate of drug-likeness (QED) is 0.896. The third-order valence-electron chi connectivity index (χ3n) is 1.81. The van der Waals surface area contributed by atoms with E-state index in [-0.39, 0.29) is 25.1 Å². The van der Waals surface area contributed by atoms with E-state index in [9.17, 15) is 0 Å². The van der Waals surface area contributed by atoms with Gasteiger partial charge >= 0.3 is 0 Å². The number of rotatable bonds is 4.